The first-order chi connectivity index (χ1) is 6.31. The standard InChI is InChI=1S/C10H14N2S/c1-7-8(5-11)4-9-6-13-3-2-10(9)12-7/h4H,2-3,5-6,11H2,1H3. The van der Waals surface area contributed by atoms with Crippen LogP contribution in [-0.2, 0) is 18.7 Å². The van der Waals surface area contributed by atoms with Crippen LogP contribution in [-0.4, -0.2) is 10.7 Å². The molecule has 0 atom stereocenters. The van der Waals surface area contributed by atoms with E-state index in [0.717, 1.165) is 17.9 Å². The SMILES string of the molecule is Cc1nc2c(cc1CN)CSCC2. The molecule has 0 saturated heterocycles. The Morgan fingerprint density at radius 3 is 3.23 bits per heavy atom. The average Bonchev–Trinajstić information content (AvgIpc) is 2.17. The highest BCUT2D eigenvalue weighted by Crippen LogP contribution is 2.24. The zero-order chi connectivity index (χ0) is 9.26. The zero-order valence-corrected chi connectivity index (χ0v) is 8.66. The Balaban J connectivity index is 2.44. The molecule has 1 aliphatic rings. The van der Waals surface area contributed by atoms with Gasteiger partial charge in [0.05, 0.1) is 0 Å². The van der Waals surface area contributed by atoms with Crippen molar-refractivity contribution < 1.29 is 0 Å². The fourth-order valence-electron chi connectivity index (χ4n) is 1.64. The molecule has 13 heavy (non-hydrogen) atoms. The molecule has 0 bridgehead atoms. The molecule has 0 amide bonds. The van der Waals surface area contributed by atoms with Gasteiger partial charge >= 0.3 is 0 Å². The molecule has 2 N–H and O–H groups in total. The van der Waals surface area contributed by atoms with Crippen LogP contribution >= 0.6 is 11.8 Å². The van der Waals surface area contributed by atoms with Gasteiger partial charge in [-0.3, -0.25) is 4.98 Å². The van der Waals surface area contributed by atoms with E-state index < -0.39 is 0 Å². The molecule has 2 rings (SSSR count). The predicted octanol–water partition coefficient (Wildman–Crippen LogP) is 1.64. The van der Waals surface area contributed by atoms with Gasteiger partial charge in [-0.2, -0.15) is 11.8 Å². The molecular formula is C10H14N2S. The van der Waals surface area contributed by atoms with Crippen molar-refractivity contribution in [2.24, 2.45) is 5.73 Å². The van der Waals surface area contributed by atoms with Crippen molar-refractivity contribution in [2.75, 3.05) is 5.75 Å². The molecule has 0 radical (unpaired) electrons. The van der Waals surface area contributed by atoms with Gasteiger partial charge in [-0.15, -0.1) is 0 Å². The van der Waals surface area contributed by atoms with E-state index in [2.05, 4.69) is 11.1 Å². The van der Waals surface area contributed by atoms with Crippen molar-refractivity contribution in [3.63, 3.8) is 0 Å². The van der Waals surface area contributed by atoms with Crippen LogP contribution in [0.2, 0.25) is 0 Å². The highest BCUT2D eigenvalue weighted by Gasteiger charge is 2.12. The molecule has 2 nitrogen and oxygen atoms in total. The lowest BCUT2D eigenvalue weighted by molar-refractivity contribution is 0.923. The van der Waals surface area contributed by atoms with Crippen molar-refractivity contribution in [1.29, 1.82) is 0 Å². The highest BCUT2D eigenvalue weighted by atomic mass is 32.2. The molecule has 3 heteroatoms. The number of hydrogen-bond acceptors (Lipinski definition) is 3. The number of nitrogens with zero attached hydrogens (tertiary/aromatic N) is 1. The Labute approximate surface area is 82.9 Å². The summed E-state index contributed by atoms with van der Waals surface area (Å²) in [7, 11) is 0. The fraction of sp³-hybridized carbons (Fsp3) is 0.500. The van der Waals surface area contributed by atoms with Crippen molar-refractivity contribution in [2.45, 2.75) is 25.6 Å². The second-order valence-electron chi connectivity index (χ2n) is 3.35. The average molecular weight is 194 g/mol. The summed E-state index contributed by atoms with van der Waals surface area (Å²) in [5, 5.41) is 0. The number of thioether (sulfide) groups is 1. The van der Waals surface area contributed by atoms with E-state index in [0.29, 0.717) is 6.54 Å². The number of hydrogen-bond donors (Lipinski definition) is 1. The van der Waals surface area contributed by atoms with E-state index in [9.17, 15) is 0 Å². The Bertz CT molecular complexity index is 323. The molecule has 2 heterocycles. The Morgan fingerprint density at radius 2 is 2.46 bits per heavy atom. The molecule has 0 saturated carbocycles. The minimum absolute atomic E-state index is 0.608. The minimum atomic E-state index is 0.608. The summed E-state index contributed by atoms with van der Waals surface area (Å²) in [6, 6.07) is 2.23. The molecule has 0 aromatic carbocycles. The Morgan fingerprint density at radius 1 is 1.62 bits per heavy atom. The van der Waals surface area contributed by atoms with Gasteiger partial charge in [0.2, 0.25) is 0 Å². The summed E-state index contributed by atoms with van der Waals surface area (Å²) in [6.45, 7) is 2.65. The fourth-order valence-corrected chi connectivity index (χ4v) is 2.60. The van der Waals surface area contributed by atoms with Gasteiger partial charge in [-0.25, -0.2) is 0 Å². The minimum Gasteiger partial charge on any atom is -0.326 e. The van der Waals surface area contributed by atoms with Gasteiger partial charge in [-0.05, 0) is 30.2 Å². The number of fused-ring (bicyclic) bond motifs is 1. The third-order valence-corrected chi connectivity index (χ3v) is 3.46. The molecule has 0 fully saturated rings. The maximum Gasteiger partial charge on any atom is 0.0455 e. The van der Waals surface area contributed by atoms with E-state index >= 15 is 0 Å². The van der Waals surface area contributed by atoms with E-state index in [4.69, 9.17) is 5.73 Å². The summed E-state index contributed by atoms with van der Waals surface area (Å²) >= 11 is 1.98. The van der Waals surface area contributed by atoms with Crippen LogP contribution in [0, 0.1) is 6.92 Å². The molecule has 1 aromatic heterocycles. The van der Waals surface area contributed by atoms with Crippen LogP contribution in [0.4, 0.5) is 0 Å². The van der Waals surface area contributed by atoms with Gasteiger partial charge in [0.25, 0.3) is 0 Å². The van der Waals surface area contributed by atoms with Crippen LogP contribution < -0.4 is 5.73 Å². The smallest absolute Gasteiger partial charge is 0.0455 e. The van der Waals surface area contributed by atoms with Gasteiger partial charge in [-0.1, -0.05) is 6.07 Å². The van der Waals surface area contributed by atoms with Crippen LogP contribution in [0.1, 0.15) is 22.5 Å². The Hall–Kier alpha value is -0.540. The summed E-state index contributed by atoms with van der Waals surface area (Å²) in [4.78, 5) is 4.59. The molecule has 0 aliphatic carbocycles. The monoisotopic (exact) mass is 194 g/mol. The quantitative estimate of drug-likeness (QED) is 0.738. The summed E-state index contributed by atoms with van der Waals surface area (Å²) in [5.41, 5.74) is 10.6. The number of aromatic nitrogens is 1. The van der Waals surface area contributed by atoms with Crippen molar-refractivity contribution in [3.8, 4) is 0 Å². The molecule has 0 spiro atoms. The highest BCUT2D eigenvalue weighted by molar-refractivity contribution is 7.98. The second kappa shape index (κ2) is 3.68. The van der Waals surface area contributed by atoms with Crippen LogP contribution in [0.25, 0.3) is 0 Å². The summed E-state index contributed by atoms with van der Waals surface area (Å²) in [5.74, 6) is 2.32. The maximum atomic E-state index is 5.64. The number of aryl methyl sites for hydroxylation is 2. The first-order valence-corrected chi connectivity index (χ1v) is 5.73. The second-order valence-corrected chi connectivity index (χ2v) is 4.45. The van der Waals surface area contributed by atoms with E-state index in [-0.39, 0.29) is 0 Å². The first kappa shape index (κ1) is 9.03. The molecule has 1 aromatic rings. The van der Waals surface area contributed by atoms with Gasteiger partial charge < -0.3 is 5.73 Å². The van der Waals surface area contributed by atoms with Crippen molar-refractivity contribution >= 4 is 11.8 Å². The summed E-state index contributed by atoms with van der Waals surface area (Å²) < 4.78 is 0. The lowest BCUT2D eigenvalue weighted by atomic mass is 10.1. The number of pyridine rings is 1. The van der Waals surface area contributed by atoms with Crippen molar-refractivity contribution in [3.05, 3.63) is 28.6 Å². The lowest BCUT2D eigenvalue weighted by Crippen LogP contribution is -2.10. The van der Waals surface area contributed by atoms with Crippen LogP contribution in [0.15, 0.2) is 6.07 Å². The van der Waals surface area contributed by atoms with Crippen LogP contribution in [0.3, 0.4) is 0 Å². The Kier molecular flexibility index (Phi) is 2.56. The predicted molar refractivity (Wildman–Crippen MR) is 56.7 cm³/mol. The topological polar surface area (TPSA) is 38.9 Å². The maximum absolute atomic E-state index is 5.64. The van der Waals surface area contributed by atoms with E-state index in [1.54, 1.807) is 0 Å². The third-order valence-electron chi connectivity index (χ3n) is 2.45. The largest absolute Gasteiger partial charge is 0.326 e. The molecule has 0 unspecified atom stereocenters. The molecule has 70 valence electrons. The van der Waals surface area contributed by atoms with E-state index in [1.165, 1.54) is 22.6 Å². The first-order valence-electron chi connectivity index (χ1n) is 4.57. The van der Waals surface area contributed by atoms with Gasteiger partial charge in [0.1, 0.15) is 0 Å². The van der Waals surface area contributed by atoms with Gasteiger partial charge in [0, 0.05) is 23.7 Å². The molecule has 1 aliphatic heterocycles. The molecular weight excluding hydrogens is 180 g/mol. The number of rotatable bonds is 1. The lowest BCUT2D eigenvalue weighted by Gasteiger charge is -2.16. The number of nitrogens with two attached hydrogens (primary N) is 1. The van der Waals surface area contributed by atoms with Crippen molar-refractivity contribution in [1.82, 2.24) is 4.98 Å². The third kappa shape index (κ3) is 1.71. The zero-order valence-electron chi connectivity index (χ0n) is 7.84. The normalized spacial score (nSPS) is 15.5. The summed E-state index contributed by atoms with van der Waals surface area (Å²) in [6.07, 6.45) is 1.12. The van der Waals surface area contributed by atoms with Crippen LogP contribution in [0.5, 0.6) is 0 Å². The van der Waals surface area contributed by atoms with E-state index in [1.807, 2.05) is 18.7 Å². The van der Waals surface area contributed by atoms with Gasteiger partial charge in [0.15, 0.2) is 0 Å².